The van der Waals surface area contributed by atoms with E-state index in [0.717, 1.165) is 6.42 Å². The van der Waals surface area contributed by atoms with Crippen molar-refractivity contribution in [2.24, 2.45) is 34.5 Å². The predicted octanol–water partition coefficient (Wildman–Crippen LogP) is 3.31. The third-order valence-corrected chi connectivity index (χ3v) is 7.01. The van der Waals surface area contributed by atoms with Gasteiger partial charge in [0.1, 0.15) is 0 Å². The summed E-state index contributed by atoms with van der Waals surface area (Å²) in [6, 6.07) is 0. The molecule has 3 aliphatic carbocycles. The van der Waals surface area contributed by atoms with E-state index in [0.29, 0.717) is 23.2 Å². The molecule has 0 saturated heterocycles. The van der Waals surface area contributed by atoms with Crippen molar-refractivity contribution >= 4 is 5.97 Å². The lowest BCUT2D eigenvalue weighted by atomic mass is 9.62. The summed E-state index contributed by atoms with van der Waals surface area (Å²) in [6.45, 7) is 7.11. The predicted molar refractivity (Wildman–Crippen MR) is 77.2 cm³/mol. The number of rotatable bonds is 3. The van der Waals surface area contributed by atoms with Crippen molar-refractivity contribution < 1.29 is 15.0 Å². The molecule has 0 radical (unpaired) electrons. The molecule has 3 rings (SSSR count). The number of hydrogen-bond donors (Lipinski definition) is 2. The Morgan fingerprint density at radius 1 is 1.25 bits per heavy atom. The summed E-state index contributed by atoms with van der Waals surface area (Å²) in [4.78, 5) is 11.0. The monoisotopic (exact) mass is 280 g/mol. The zero-order valence-electron chi connectivity index (χ0n) is 12.9. The molecule has 4 bridgehead atoms. The molecule has 0 aromatic heterocycles. The molecule has 0 spiro atoms. The van der Waals surface area contributed by atoms with Crippen LogP contribution in [-0.4, -0.2) is 22.3 Å². The minimum absolute atomic E-state index is 0.0867. The Morgan fingerprint density at radius 2 is 1.95 bits per heavy atom. The third kappa shape index (κ3) is 1.85. The van der Waals surface area contributed by atoms with Gasteiger partial charge in [-0.25, -0.2) is 0 Å². The van der Waals surface area contributed by atoms with Gasteiger partial charge in [-0.15, -0.1) is 0 Å². The second kappa shape index (κ2) is 4.46. The summed E-state index contributed by atoms with van der Waals surface area (Å²) >= 11 is 0. The molecule has 0 aliphatic heterocycles. The quantitative estimate of drug-likeness (QED) is 0.834. The van der Waals surface area contributed by atoms with Gasteiger partial charge in [-0.2, -0.15) is 0 Å². The molecular formula is C17H28O3. The van der Waals surface area contributed by atoms with Gasteiger partial charge in [0.25, 0.3) is 0 Å². The highest BCUT2D eigenvalue weighted by atomic mass is 16.4. The fraction of sp³-hybridized carbons (Fsp3) is 0.941. The molecule has 0 amide bonds. The SMILES string of the molecule is CC1(C)CCC[C@]2(C)[C@@H]([C@@H](O)CC(=O)O)[C@H]3CC[C@@H]2[C@@H]31. The molecule has 0 aromatic carbocycles. The summed E-state index contributed by atoms with van der Waals surface area (Å²) in [5.41, 5.74) is 0.511. The second-order valence-corrected chi connectivity index (χ2v) is 8.41. The van der Waals surface area contributed by atoms with E-state index in [1.54, 1.807) is 0 Å². The van der Waals surface area contributed by atoms with Crippen molar-refractivity contribution in [3.8, 4) is 0 Å². The van der Waals surface area contributed by atoms with Gasteiger partial charge in [-0.3, -0.25) is 4.79 Å². The van der Waals surface area contributed by atoms with Crippen molar-refractivity contribution in [1.29, 1.82) is 0 Å². The Morgan fingerprint density at radius 3 is 2.60 bits per heavy atom. The number of carboxylic acids is 1. The summed E-state index contributed by atoms with van der Waals surface area (Å²) in [7, 11) is 0. The minimum atomic E-state index is -0.865. The topological polar surface area (TPSA) is 57.5 Å². The number of hydrogen-bond acceptors (Lipinski definition) is 2. The molecule has 3 heteroatoms. The minimum Gasteiger partial charge on any atom is -0.481 e. The van der Waals surface area contributed by atoms with E-state index in [2.05, 4.69) is 20.8 Å². The molecule has 3 aliphatic rings. The highest BCUT2D eigenvalue weighted by Gasteiger charge is 2.66. The first kappa shape index (κ1) is 14.4. The normalized spacial score (nSPS) is 47.0. The van der Waals surface area contributed by atoms with Crippen molar-refractivity contribution in [2.45, 2.75) is 65.4 Å². The number of aliphatic hydroxyl groups is 1. The zero-order chi connectivity index (χ0) is 14.7. The average molecular weight is 280 g/mol. The summed E-state index contributed by atoms with van der Waals surface area (Å²) in [5, 5.41) is 19.6. The van der Waals surface area contributed by atoms with Crippen LogP contribution in [0.2, 0.25) is 0 Å². The third-order valence-electron chi connectivity index (χ3n) is 7.01. The fourth-order valence-electron chi connectivity index (χ4n) is 6.51. The second-order valence-electron chi connectivity index (χ2n) is 8.41. The van der Waals surface area contributed by atoms with Crippen LogP contribution in [0, 0.1) is 34.5 Å². The standard InChI is InChI=1S/C17H28O3/c1-16(2)7-4-8-17(3)11-6-5-10(14(11)16)15(17)12(18)9-13(19)20/h10-12,14-15,18H,4-9H2,1-3H3,(H,19,20)/t10-,11+,12-,14+,15+,17-/m0/s1. The van der Waals surface area contributed by atoms with Gasteiger partial charge in [-0.1, -0.05) is 27.2 Å². The first-order valence-electron chi connectivity index (χ1n) is 8.17. The van der Waals surface area contributed by atoms with Crippen LogP contribution < -0.4 is 0 Å². The molecule has 3 fully saturated rings. The molecule has 6 atom stereocenters. The lowest BCUT2D eigenvalue weighted by molar-refractivity contribution is -0.141. The molecule has 3 saturated carbocycles. The Labute approximate surface area is 121 Å². The van der Waals surface area contributed by atoms with Crippen LogP contribution in [0.25, 0.3) is 0 Å². The van der Waals surface area contributed by atoms with Crippen molar-refractivity contribution in [3.63, 3.8) is 0 Å². The van der Waals surface area contributed by atoms with Crippen LogP contribution >= 0.6 is 0 Å². The van der Waals surface area contributed by atoms with Crippen LogP contribution in [0.1, 0.15) is 59.3 Å². The molecule has 0 aromatic rings. The van der Waals surface area contributed by atoms with E-state index in [1.807, 2.05) is 0 Å². The van der Waals surface area contributed by atoms with E-state index < -0.39 is 12.1 Å². The number of aliphatic carboxylic acids is 1. The van der Waals surface area contributed by atoms with Gasteiger partial charge in [0.15, 0.2) is 0 Å². The molecule has 114 valence electrons. The Balaban J connectivity index is 1.95. The molecule has 2 N–H and O–H groups in total. The maximum absolute atomic E-state index is 11.0. The van der Waals surface area contributed by atoms with E-state index in [9.17, 15) is 9.90 Å². The van der Waals surface area contributed by atoms with Gasteiger partial charge in [0, 0.05) is 0 Å². The maximum atomic E-state index is 11.0. The lowest BCUT2D eigenvalue weighted by Crippen LogP contribution is -2.42. The Hall–Kier alpha value is -0.570. The van der Waals surface area contributed by atoms with E-state index in [4.69, 9.17) is 5.11 Å². The van der Waals surface area contributed by atoms with Crippen molar-refractivity contribution in [1.82, 2.24) is 0 Å². The Kier molecular flexibility index (Phi) is 3.20. The fourth-order valence-corrected chi connectivity index (χ4v) is 6.51. The van der Waals surface area contributed by atoms with Gasteiger partial charge in [0.05, 0.1) is 12.5 Å². The summed E-state index contributed by atoms with van der Waals surface area (Å²) in [5.74, 6) is 1.24. The van der Waals surface area contributed by atoms with E-state index >= 15 is 0 Å². The summed E-state index contributed by atoms with van der Waals surface area (Å²) < 4.78 is 0. The van der Waals surface area contributed by atoms with E-state index in [1.165, 1.54) is 25.7 Å². The molecule has 3 nitrogen and oxygen atoms in total. The molecule has 20 heavy (non-hydrogen) atoms. The van der Waals surface area contributed by atoms with Crippen molar-refractivity contribution in [2.75, 3.05) is 0 Å². The molecular weight excluding hydrogens is 252 g/mol. The highest BCUT2D eigenvalue weighted by Crippen LogP contribution is 2.71. The van der Waals surface area contributed by atoms with Crippen LogP contribution in [0.3, 0.4) is 0 Å². The maximum Gasteiger partial charge on any atom is 0.305 e. The first-order valence-corrected chi connectivity index (χ1v) is 8.17. The number of carboxylic acid groups (broad SMARTS) is 1. The largest absolute Gasteiger partial charge is 0.481 e. The van der Waals surface area contributed by atoms with Crippen molar-refractivity contribution in [3.05, 3.63) is 0 Å². The van der Waals surface area contributed by atoms with Gasteiger partial charge >= 0.3 is 5.97 Å². The molecule has 0 heterocycles. The van der Waals surface area contributed by atoms with Crippen LogP contribution in [0.4, 0.5) is 0 Å². The van der Waals surface area contributed by atoms with Gasteiger partial charge in [-0.05, 0) is 60.2 Å². The van der Waals surface area contributed by atoms with Crippen LogP contribution in [0.15, 0.2) is 0 Å². The average Bonchev–Trinajstić information content (AvgIpc) is 2.78. The Bertz CT molecular complexity index is 416. The van der Waals surface area contributed by atoms with Crippen LogP contribution in [0.5, 0.6) is 0 Å². The summed E-state index contributed by atoms with van der Waals surface area (Å²) in [6.07, 6.45) is 5.39. The smallest absolute Gasteiger partial charge is 0.305 e. The van der Waals surface area contributed by atoms with E-state index in [-0.39, 0.29) is 17.8 Å². The zero-order valence-corrected chi connectivity index (χ0v) is 12.9. The van der Waals surface area contributed by atoms with Crippen LogP contribution in [-0.2, 0) is 4.79 Å². The first-order chi connectivity index (χ1) is 9.27. The molecule has 0 unspecified atom stereocenters. The lowest BCUT2D eigenvalue weighted by Gasteiger charge is -2.43. The number of aliphatic hydroxyl groups excluding tert-OH is 1. The number of carbonyl (C=O) groups is 1. The van der Waals surface area contributed by atoms with Gasteiger partial charge in [0.2, 0.25) is 0 Å². The van der Waals surface area contributed by atoms with Gasteiger partial charge < -0.3 is 10.2 Å². The highest BCUT2D eigenvalue weighted by molar-refractivity contribution is 5.67.